The van der Waals surface area contributed by atoms with E-state index >= 15 is 0 Å². The van der Waals surface area contributed by atoms with Gasteiger partial charge in [0.15, 0.2) is 5.82 Å². The molecule has 0 unspecified atom stereocenters. The van der Waals surface area contributed by atoms with Gasteiger partial charge < -0.3 is 45.5 Å². The predicted molar refractivity (Wildman–Crippen MR) is 190 cm³/mol. The van der Waals surface area contributed by atoms with Gasteiger partial charge in [-0.1, -0.05) is 30.3 Å². The number of carbonyl (C=O) groups excluding carboxylic acids is 6. The Kier molecular flexibility index (Phi) is 17.4. The Morgan fingerprint density at radius 3 is 1.79 bits per heavy atom. The summed E-state index contributed by atoms with van der Waals surface area (Å²) in [5.41, 5.74) is -0.565. The monoisotopic (exact) mass is 731 g/mol. The molecule has 17 nitrogen and oxygen atoms in total. The molecule has 0 aliphatic heterocycles. The van der Waals surface area contributed by atoms with Crippen LogP contribution in [0.5, 0.6) is 0 Å². The van der Waals surface area contributed by atoms with Crippen molar-refractivity contribution in [2.45, 2.75) is 110 Å². The van der Waals surface area contributed by atoms with Crippen LogP contribution in [0.2, 0.25) is 0 Å². The maximum Gasteiger partial charge on any atom is 0.408 e. The average Bonchev–Trinajstić information content (AvgIpc) is 3.52. The normalized spacial score (nSPS) is 12.4. The van der Waals surface area contributed by atoms with Crippen molar-refractivity contribution in [3.63, 3.8) is 0 Å². The number of hydrogen-bond acceptors (Lipinski definition) is 11. The minimum Gasteiger partial charge on any atom is -0.464 e. The Morgan fingerprint density at radius 1 is 0.731 bits per heavy atom. The minimum atomic E-state index is -1.11. The molecule has 0 radical (unpaired) electrons. The zero-order chi connectivity index (χ0) is 38.7. The van der Waals surface area contributed by atoms with E-state index in [0.717, 1.165) is 5.56 Å². The van der Waals surface area contributed by atoms with Gasteiger partial charge in [-0.25, -0.2) is 19.2 Å². The van der Waals surface area contributed by atoms with Gasteiger partial charge in [0.1, 0.15) is 35.6 Å². The van der Waals surface area contributed by atoms with E-state index in [1.165, 1.54) is 13.2 Å². The van der Waals surface area contributed by atoms with Crippen LogP contribution in [0.15, 0.2) is 36.4 Å². The van der Waals surface area contributed by atoms with Crippen LogP contribution in [0.1, 0.15) is 96.1 Å². The van der Waals surface area contributed by atoms with Crippen LogP contribution in [0, 0.1) is 0 Å². The van der Waals surface area contributed by atoms with Crippen molar-refractivity contribution in [2.24, 2.45) is 0 Å². The summed E-state index contributed by atoms with van der Waals surface area (Å²) in [6, 6.07) is 8.08. The number of H-pyrrole nitrogens is 1. The maximum atomic E-state index is 13.7. The van der Waals surface area contributed by atoms with Crippen LogP contribution >= 0.6 is 0 Å². The Morgan fingerprint density at radius 2 is 1.27 bits per heavy atom. The number of methoxy groups -OCH3 is 1. The molecule has 1 heterocycles. The van der Waals surface area contributed by atoms with E-state index in [2.05, 4.69) is 41.5 Å². The van der Waals surface area contributed by atoms with Gasteiger partial charge in [0.25, 0.3) is 0 Å². The molecule has 0 saturated carbocycles. The van der Waals surface area contributed by atoms with Gasteiger partial charge in [-0.15, -0.1) is 0 Å². The van der Waals surface area contributed by atoms with Gasteiger partial charge in [-0.3, -0.25) is 14.7 Å². The zero-order valence-electron chi connectivity index (χ0n) is 31.0. The summed E-state index contributed by atoms with van der Waals surface area (Å²) in [6.45, 7) is 11.0. The molecular weight excluding hydrogens is 678 g/mol. The summed E-state index contributed by atoms with van der Waals surface area (Å²) in [5, 5.41) is 19.6. The zero-order valence-corrected chi connectivity index (χ0v) is 31.0. The summed E-state index contributed by atoms with van der Waals surface area (Å²) in [6.07, 6.45) is 0.0210. The number of rotatable bonds is 18. The Balaban J connectivity index is 2.12. The lowest BCUT2D eigenvalue weighted by Crippen LogP contribution is -2.52. The number of nitrogens with one attached hydrogen (secondary N) is 6. The number of ether oxygens (including phenoxy) is 4. The molecule has 2 aromatic rings. The van der Waals surface area contributed by atoms with E-state index in [0.29, 0.717) is 25.7 Å². The van der Waals surface area contributed by atoms with Gasteiger partial charge in [0, 0.05) is 19.2 Å². The summed E-state index contributed by atoms with van der Waals surface area (Å²) < 4.78 is 20.5. The van der Waals surface area contributed by atoms with Crippen LogP contribution in [-0.4, -0.2) is 89.7 Å². The number of anilines is 1. The third-order valence-electron chi connectivity index (χ3n) is 6.86. The first-order chi connectivity index (χ1) is 24.5. The number of aromatic amines is 1. The number of alkyl carbamates (subject to hydrolysis) is 3. The standard InChI is InChI=1S/C35H53N7O10/c1-34(2,3)51-31(46)36-19-13-11-17-24(29(44)40-27-21-26(41-42-27)30(45)49-7)38-28(43)25(18-12-14-20-37-32(47)52-35(4,5)6)39-33(48)50-22-23-15-9-8-10-16-23/h8-10,15-16,21,24-25H,11-14,17-20,22H2,1-7H3,(H,36,46)(H,37,47)(H,38,43)(H,39,48)(H2,40,41,42,44)/t24-,25-/m0/s1. The first kappa shape index (κ1) is 42.8. The third-order valence-corrected chi connectivity index (χ3v) is 6.86. The third kappa shape index (κ3) is 18.1. The number of unbranched alkanes of at least 4 members (excludes halogenated alkanes) is 2. The van der Waals surface area contributed by atoms with Crippen molar-refractivity contribution in [1.29, 1.82) is 0 Å². The van der Waals surface area contributed by atoms with Gasteiger partial charge in [0.05, 0.1) is 7.11 Å². The number of benzene rings is 1. The van der Waals surface area contributed by atoms with Crippen LogP contribution < -0.4 is 26.6 Å². The highest BCUT2D eigenvalue weighted by Gasteiger charge is 2.28. The molecule has 2 rings (SSSR count). The summed E-state index contributed by atoms with van der Waals surface area (Å²) in [5.74, 6) is -1.96. The molecule has 2 atom stereocenters. The lowest BCUT2D eigenvalue weighted by atomic mass is 10.1. The van der Waals surface area contributed by atoms with Crippen molar-refractivity contribution in [3.05, 3.63) is 47.7 Å². The molecule has 0 fully saturated rings. The summed E-state index contributed by atoms with van der Waals surface area (Å²) >= 11 is 0. The fourth-order valence-electron chi connectivity index (χ4n) is 4.49. The molecular formula is C35H53N7O10. The smallest absolute Gasteiger partial charge is 0.408 e. The van der Waals surface area contributed by atoms with Crippen LogP contribution in [0.3, 0.4) is 0 Å². The fraction of sp³-hybridized carbons (Fsp3) is 0.571. The van der Waals surface area contributed by atoms with E-state index in [1.54, 1.807) is 65.8 Å². The van der Waals surface area contributed by atoms with E-state index < -0.39 is 59.3 Å². The molecule has 0 aliphatic carbocycles. The minimum absolute atomic E-state index is 0.00559. The van der Waals surface area contributed by atoms with Crippen molar-refractivity contribution >= 4 is 41.9 Å². The van der Waals surface area contributed by atoms with E-state index in [1.807, 2.05) is 6.07 Å². The van der Waals surface area contributed by atoms with Crippen LogP contribution in [0.25, 0.3) is 0 Å². The number of nitrogens with zero attached hydrogens (tertiary/aromatic N) is 1. The summed E-state index contributed by atoms with van der Waals surface area (Å²) in [4.78, 5) is 75.8. The SMILES string of the molecule is COC(=O)c1cc(NC(=O)[C@H](CCCCNC(=O)OC(C)(C)C)NC(=O)[C@H](CCCCNC(=O)OC(C)(C)C)NC(=O)OCc2ccccc2)n[nH]1. The molecule has 0 aliphatic rings. The molecule has 0 bridgehead atoms. The average molecular weight is 732 g/mol. The van der Waals surface area contributed by atoms with Gasteiger partial charge >= 0.3 is 24.2 Å². The second-order valence-corrected chi connectivity index (χ2v) is 13.8. The van der Waals surface area contributed by atoms with Crippen molar-refractivity contribution in [2.75, 3.05) is 25.5 Å². The van der Waals surface area contributed by atoms with Crippen LogP contribution in [0.4, 0.5) is 20.2 Å². The van der Waals surface area contributed by atoms with Crippen molar-refractivity contribution in [1.82, 2.24) is 31.5 Å². The number of aromatic nitrogens is 2. The number of esters is 1. The summed E-state index contributed by atoms with van der Waals surface area (Å²) in [7, 11) is 1.20. The topological polar surface area (TPSA) is 228 Å². The van der Waals surface area contributed by atoms with Crippen molar-refractivity contribution in [3.8, 4) is 0 Å². The van der Waals surface area contributed by atoms with E-state index in [9.17, 15) is 28.8 Å². The molecule has 52 heavy (non-hydrogen) atoms. The lowest BCUT2D eigenvalue weighted by Gasteiger charge is -2.23. The number of carbonyl (C=O) groups is 6. The lowest BCUT2D eigenvalue weighted by molar-refractivity contribution is -0.128. The Bertz CT molecular complexity index is 1470. The highest BCUT2D eigenvalue weighted by Crippen LogP contribution is 2.12. The maximum absolute atomic E-state index is 13.7. The second-order valence-electron chi connectivity index (χ2n) is 13.8. The first-order valence-corrected chi connectivity index (χ1v) is 17.1. The molecule has 17 heteroatoms. The molecule has 0 saturated heterocycles. The highest BCUT2D eigenvalue weighted by atomic mass is 16.6. The molecule has 1 aromatic heterocycles. The Hall–Kier alpha value is -5.35. The van der Waals surface area contributed by atoms with Gasteiger partial charge in [-0.2, -0.15) is 5.10 Å². The van der Waals surface area contributed by atoms with Crippen LogP contribution in [-0.2, 0) is 35.1 Å². The number of amides is 5. The molecule has 288 valence electrons. The van der Waals surface area contributed by atoms with E-state index in [-0.39, 0.29) is 44.0 Å². The largest absolute Gasteiger partial charge is 0.464 e. The van der Waals surface area contributed by atoms with Gasteiger partial charge in [0.2, 0.25) is 11.8 Å². The molecule has 5 amide bonds. The second kappa shape index (κ2) is 21.1. The predicted octanol–water partition coefficient (Wildman–Crippen LogP) is 4.30. The fourth-order valence-corrected chi connectivity index (χ4v) is 4.49. The number of hydrogen-bond donors (Lipinski definition) is 6. The molecule has 6 N–H and O–H groups in total. The van der Waals surface area contributed by atoms with E-state index in [4.69, 9.17) is 14.2 Å². The Labute approximate surface area is 304 Å². The first-order valence-electron chi connectivity index (χ1n) is 17.1. The quantitative estimate of drug-likeness (QED) is 0.0719. The van der Waals surface area contributed by atoms with Crippen molar-refractivity contribution < 1.29 is 47.7 Å². The van der Waals surface area contributed by atoms with Gasteiger partial charge in [-0.05, 0) is 85.6 Å². The molecule has 0 spiro atoms. The highest BCUT2D eigenvalue weighted by molar-refractivity contribution is 5.98. The molecule has 1 aromatic carbocycles.